The van der Waals surface area contributed by atoms with Crippen molar-refractivity contribution in [1.82, 2.24) is 9.88 Å². The summed E-state index contributed by atoms with van der Waals surface area (Å²) >= 11 is 0. The Labute approximate surface area is 163 Å². The van der Waals surface area contributed by atoms with E-state index in [9.17, 15) is 14.7 Å². The van der Waals surface area contributed by atoms with Gasteiger partial charge in [0.2, 0.25) is 0 Å². The molecule has 1 aliphatic rings. The van der Waals surface area contributed by atoms with Gasteiger partial charge < -0.3 is 15.0 Å². The number of aliphatic hydroxyl groups is 1. The maximum atomic E-state index is 12.9. The zero-order valence-corrected chi connectivity index (χ0v) is 15.9. The van der Waals surface area contributed by atoms with E-state index in [1.54, 1.807) is 11.1 Å². The number of aliphatic hydroxyl groups excluding tert-OH is 1. The number of Topliss-reactive ketones (excluding diaryl/α,β-unsaturated/α-hetero) is 1. The highest BCUT2D eigenvalue weighted by molar-refractivity contribution is 6.46. The molecule has 1 aliphatic heterocycles. The fourth-order valence-corrected chi connectivity index (χ4v) is 3.98. The number of likely N-dealkylation sites (tertiary alicyclic amines) is 1. The van der Waals surface area contributed by atoms with Crippen LogP contribution in [0.2, 0.25) is 0 Å². The van der Waals surface area contributed by atoms with Gasteiger partial charge in [0.1, 0.15) is 5.76 Å². The summed E-state index contributed by atoms with van der Waals surface area (Å²) < 4.78 is 0. The maximum Gasteiger partial charge on any atom is 0.295 e. The average molecular weight is 374 g/mol. The second-order valence-corrected chi connectivity index (χ2v) is 7.10. The third-order valence-corrected chi connectivity index (χ3v) is 5.33. The molecule has 2 N–H and O–H groups in total. The zero-order chi connectivity index (χ0) is 19.8. The lowest BCUT2D eigenvalue weighted by Gasteiger charge is -2.26. The predicted molar refractivity (Wildman–Crippen MR) is 109 cm³/mol. The van der Waals surface area contributed by atoms with Crippen molar-refractivity contribution in [1.29, 1.82) is 0 Å². The van der Waals surface area contributed by atoms with Crippen LogP contribution in [0.1, 0.15) is 36.1 Å². The molecule has 5 heteroatoms. The molecular formula is C23H22N2O3. The monoisotopic (exact) mass is 374 g/mol. The lowest BCUT2D eigenvalue weighted by molar-refractivity contribution is -0.139. The van der Waals surface area contributed by atoms with E-state index >= 15 is 0 Å². The molecule has 0 radical (unpaired) electrons. The van der Waals surface area contributed by atoms with Crippen LogP contribution < -0.4 is 0 Å². The Kier molecular flexibility index (Phi) is 4.51. The van der Waals surface area contributed by atoms with Crippen molar-refractivity contribution in [2.24, 2.45) is 0 Å². The third-order valence-electron chi connectivity index (χ3n) is 5.33. The number of carbonyl (C=O) groups is 2. The number of ketones is 1. The van der Waals surface area contributed by atoms with Crippen molar-refractivity contribution >= 4 is 28.4 Å². The summed E-state index contributed by atoms with van der Waals surface area (Å²) in [6.45, 7) is 4.37. The van der Waals surface area contributed by atoms with Crippen molar-refractivity contribution in [2.75, 3.05) is 6.54 Å². The number of nitrogens with one attached hydrogen (secondary N) is 1. The van der Waals surface area contributed by atoms with Crippen LogP contribution in [-0.2, 0) is 9.59 Å². The van der Waals surface area contributed by atoms with Crippen molar-refractivity contribution in [3.05, 3.63) is 77.0 Å². The molecule has 1 saturated heterocycles. The van der Waals surface area contributed by atoms with E-state index in [-0.39, 0.29) is 11.3 Å². The number of amides is 1. The quantitative estimate of drug-likeness (QED) is 0.406. The molecule has 0 saturated carbocycles. The number of aromatic nitrogens is 1. The first-order valence-electron chi connectivity index (χ1n) is 9.45. The summed E-state index contributed by atoms with van der Waals surface area (Å²) in [6.07, 6.45) is 2.41. The van der Waals surface area contributed by atoms with Crippen molar-refractivity contribution < 1.29 is 14.7 Å². The molecule has 28 heavy (non-hydrogen) atoms. The topological polar surface area (TPSA) is 73.4 Å². The Morgan fingerprint density at radius 3 is 2.57 bits per heavy atom. The Morgan fingerprint density at radius 1 is 1.11 bits per heavy atom. The Bertz CT molecular complexity index is 1110. The van der Waals surface area contributed by atoms with E-state index in [1.807, 2.05) is 62.4 Å². The van der Waals surface area contributed by atoms with E-state index in [0.29, 0.717) is 12.1 Å². The first-order chi connectivity index (χ1) is 13.5. The number of aromatic amines is 1. The van der Waals surface area contributed by atoms with Gasteiger partial charge in [0.25, 0.3) is 11.7 Å². The SMILES string of the molecule is CCCN1C(=O)C(=O)/C(=C(/O)c2c[nH]c3ccccc23)C1c1ccccc1C. The molecule has 1 aromatic heterocycles. The molecule has 5 nitrogen and oxygen atoms in total. The number of fused-ring (bicyclic) bond motifs is 1. The summed E-state index contributed by atoms with van der Waals surface area (Å²) in [5, 5.41) is 12.0. The fraction of sp³-hybridized carbons (Fsp3) is 0.217. The van der Waals surface area contributed by atoms with Gasteiger partial charge in [0, 0.05) is 29.2 Å². The minimum Gasteiger partial charge on any atom is -0.507 e. The average Bonchev–Trinajstić information content (AvgIpc) is 3.23. The number of benzene rings is 2. The van der Waals surface area contributed by atoms with Crippen molar-refractivity contribution in [3.63, 3.8) is 0 Å². The molecule has 1 amide bonds. The largest absolute Gasteiger partial charge is 0.507 e. The summed E-state index contributed by atoms with van der Waals surface area (Å²) in [5.41, 5.74) is 3.37. The van der Waals surface area contributed by atoms with Crippen LogP contribution in [0.5, 0.6) is 0 Å². The summed E-state index contributed by atoms with van der Waals surface area (Å²) in [4.78, 5) is 30.4. The molecule has 0 aliphatic carbocycles. The highest BCUT2D eigenvalue weighted by Crippen LogP contribution is 2.41. The highest BCUT2D eigenvalue weighted by Gasteiger charge is 2.46. The number of nitrogens with zero attached hydrogens (tertiary/aromatic N) is 1. The van der Waals surface area contributed by atoms with Gasteiger partial charge in [-0.1, -0.05) is 49.4 Å². The van der Waals surface area contributed by atoms with Crippen LogP contribution in [0.15, 0.2) is 60.3 Å². The Balaban J connectivity index is 1.96. The molecule has 1 fully saturated rings. The number of H-pyrrole nitrogens is 1. The van der Waals surface area contributed by atoms with Gasteiger partial charge >= 0.3 is 0 Å². The molecule has 0 bridgehead atoms. The smallest absolute Gasteiger partial charge is 0.295 e. The molecule has 2 aromatic carbocycles. The molecular weight excluding hydrogens is 352 g/mol. The van der Waals surface area contributed by atoms with Crippen LogP contribution in [-0.4, -0.2) is 33.2 Å². The Morgan fingerprint density at radius 2 is 1.82 bits per heavy atom. The van der Waals surface area contributed by atoms with E-state index < -0.39 is 17.7 Å². The third kappa shape index (κ3) is 2.71. The van der Waals surface area contributed by atoms with E-state index in [1.165, 1.54) is 0 Å². The lowest BCUT2D eigenvalue weighted by atomic mass is 9.92. The molecule has 142 valence electrons. The minimum atomic E-state index is -0.635. The molecule has 3 aromatic rings. The van der Waals surface area contributed by atoms with Gasteiger partial charge in [-0.05, 0) is 30.5 Å². The molecule has 1 atom stereocenters. The number of aryl methyl sites for hydroxylation is 1. The minimum absolute atomic E-state index is 0.136. The second kappa shape index (κ2) is 7.00. The van der Waals surface area contributed by atoms with Gasteiger partial charge in [0.15, 0.2) is 0 Å². The van der Waals surface area contributed by atoms with Crippen LogP contribution >= 0.6 is 0 Å². The zero-order valence-electron chi connectivity index (χ0n) is 15.9. The normalized spacial score (nSPS) is 18.9. The summed E-state index contributed by atoms with van der Waals surface area (Å²) in [7, 11) is 0. The first-order valence-corrected chi connectivity index (χ1v) is 9.45. The lowest BCUT2D eigenvalue weighted by Crippen LogP contribution is -2.30. The standard InChI is InChI=1S/C23H22N2O3/c1-3-12-25-20(15-9-5-4-8-14(15)2)19(22(27)23(25)28)21(26)17-13-24-18-11-7-6-10-16(17)18/h4-11,13,20,24,26H,3,12H2,1-2H3/b21-19+. The Hall–Kier alpha value is -3.34. The summed E-state index contributed by atoms with van der Waals surface area (Å²) in [6, 6.07) is 14.6. The van der Waals surface area contributed by atoms with Crippen LogP contribution in [0, 0.1) is 6.92 Å². The summed E-state index contributed by atoms with van der Waals surface area (Å²) in [5.74, 6) is -1.33. The maximum absolute atomic E-state index is 12.9. The van der Waals surface area contributed by atoms with Crippen molar-refractivity contribution in [3.8, 4) is 0 Å². The van der Waals surface area contributed by atoms with Crippen LogP contribution in [0.25, 0.3) is 16.7 Å². The number of para-hydroxylation sites is 1. The molecule has 2 heterocycles. The number of rotatable bonds is 4. The molecule has 0 spiro atoms. The van der Waals surface area contributed by atoms with Crippen LogP contribution in [0.3, 0.4) is 0 Å². The molecule has 1 unspecified atom stereocenters. The number of hydrogen-bond donors (Lipinski definition) is 2. The van der Waals surface area contributed by atoms with Gasteiger partial charge in [0.05, 0.1) is 11.6 Å². The van der Waals surface area contributed by atoms with E-state index in [2.05, 4.69) is 4.98 Å². The van der Waals surface area contributed by atoms with Gasteiger partial charge in [-0.25, -0.2) is 0 Å². The van der Waals surface area contributed by atoms with Gasteiger partial charge in [-0.3, -0.25) is 9.59 Å². The van der Waals surface area contributed by atoms with E-state index in [4.69, 9.17) is 0 Å². The van der Waals surface area contributed by atoms with Gasteiger partial charge in [-0.2, -0.15) is 0 Å². The highest BCUT2D eigenvalue weighted by atomic mass is 16.3. The molecule has 4 rings (SSSR count). The van der Waals surface area contributed by atoms with Crippen molar-refractivity contribution in [2.45, 2.75) is 26.3 Å². The van der Waals surface area contributed by atoms with Gasteiger partial charge in [-0.15, -0.1) is 0 Å². The predicted octanol–water partition coefficient (Wildman–Crippen LogP) is 4.31. The van der Waals surface area contributed by atoms with E-state index in [0.717, 1.165) is 28.5 Å². The second-order valence-electron chi connectivity index (χ2n) is 7.10. The fourth-order valence-electron chi connectivity index (χ4n) is 3.98. The number of hydrogen-bond acceptors (Lipinski definition) is 3. The number of carbonyl (C=O) groups excluding carboxylic acids is 2. The van der Waals surface area contributed by atoms with Crippen LogP contribution in [0.4, 0.5) is 0 Å². The first kappa shape index (κ1) is 18.0.